The van der Waals surface area contributed by atoms with Crippen LogP contribution < -0.4 is 5.32 Å². The summed E-state index contributed by atoms with van der Waals surface area (Å²) in [6.45, 7) is 1.56. The van der Waals surface area contributed by atoms with E-state index < -0.39 is 0 Å². The predicted molar refractivity (Wildman–Crippen MR) is 97.1 cm³/mol. The third-order valence-corrected chi connectivity index (χ3v) is 6.13. The van der Waals surface area contributed by atoms with Crippen LogP contribution in [-0.2, 0) is 0 Å². The molecule has 7 heteroatoms. The van der Waals surface area contributed by atoms with E-state index in [0.717, 1.165) is 55.9 Å². The first-order valence-electron chi connectivity index (χ1n) is 10.1. The van der Waals surface area contributed by atoms with Crippen molar-refractivity contribution in [3.05, 3.63) is 23.7 Å². The summed E-state index contributed by atoms with van der Waals surface area (Å²) in [5.74, 6) is 1.90. The number of aromatic nitrogens is 4. The van der Waals surface area contributed by atoms with Gasteiger partial charge in [0.05, 0.1) is 5.69 Å². The van der Waals surface area contributed by atoms with E-state index in [2.05, 4.69) is 21.6 Å². The molecule has 7 nitrogen and oxygen atoms in total. The molecule has 0 atom stereocenters. The van der Waals surface area contributed by atoms with E-state index in [0.29, 0.717) is 17.9 Å². The lowest BCUT2D eigenvalue weighted by atomic mass is 9.96. The Morgan fingerprint density at radius 2 is 1.73 bits per heavy atom. The highest BCUT2D eigenvalue weighted by molar-refractivity contribution is 5.74. The lowest BCUT2D eigenvalue weighted by Gasteiger charge is -2.32. The number of rotatable bonds is 3. The summed E-state index contributed by atoms with van der Waals surface area (Å²) >= 11 is 0. The Morgan fingerprint density at radius 1 is 0.962 bits per heavy atom. The highest BCUT2D eigenvalue weighted by atomic mass is 16.2. The number of amides is 2. The minimum absolute atomic E-state index is 0.107. The molecule has 1 aliphatic heterocycles. The summed E-state index contributed by atoms with van der Waals surface area (Å²) in [7, 11) is 0. The fourth-order valence-electron chi connectivity index (χ4n) is 4.35. The van der Waals surface area contributed by atoms with E-state index in [1.807, 2.05) is 15.5 Å². The minimum Gasteiger partial charge on any atom is -0.335 e. The molecule has 1 saturated heterocycles. The molecule has 26 heavy (non-hydrogen) atoms. The largest absolute Gasteiger partial charge is 0.335 e. The maximum Gasteiger partial charge on any atom is 0.317 e. The number of nitrogens with one attached hydrogen (secondary N) is 1. The van der Waals surface area contributed by atoms with Gasteiger partial charge < -0.3 is 10.2 Å². The highest BCUT2D eigenvalue weighted by Crippen LogP contribution is 2.39. The van der Waals surface area contributed by atoms with Gasteiger partial charge in [0.2, 0.25) is 0 Å². The summed E-state index contributed by atoms with van der Waals surface area (Å²) in [6.07, 6.45) is 9.06. The molecule has 1 N–H and O–H groups in total. The summed E-state index contributed by atoms with van der Waals surface area (Å²) in [5, 5.41) is 16.7. The second-order valence-electron chi connectivity index (χ2n) is 8.05. The molecule has 5 rings (SSSR count). The Morgan fingerprint density at radius 3 is 2.46 bits per heavy atom. The van der Waals surface area contributed by atoms with Gasteiger partial charge in [0.25, 0.3) is 0 Å². The van der Waals surface area contributed by atoms with Crippen molar-refractivity contribution in [1.82, 2.24) is 30.0 Å². The zero-order valence-electron chi connectivity index (χ0n) is 15.1. The van der Waals surface area contributed by atoms with Crippen LogP contribution in [0, 0.1) is 0 Å². The van der Waals surface area contributed by atoms with Crippen molar-refractivity contribution in [1.29, 1.82) is 0 Å². The summed E-state index contributed by atoms with van der Waals surface area (Å²) < 4.78 is 1.94. The fraction of sp³-hybridized carbons (Fsp3) is 0.684. The van der Waals surface area contributed by atoms with Crippen LogP contribution >= 0.6 is 0 Å². The molecule has 0 aromatic carbocycles. The molecule has 0 bridgehead atoms. The Balaban J connectivity index is 1.25. The van der Waals surface area contributed by atoms with Crippen LogP contribution in [0.4, 0.5) is 4.79 Å². The van der Waals surface area contributed by atoms with Gasteiger partial charge in [-0.05, 0) is 50.7 Å². The zero-order chi connectivity index (χ0) is 17.5. The molecule has 2 amide bonds. The number of hydrogen-bond acceptors (Lipinski definition) is 4. The second-order valence-corrected chi connectivity index (χ2v) is 8.05. The van der Waals surface area contributed by atoms with E-state index in [9.17, 15) is 4.79 Å². The number of likely N-dealkylation sites (tertiary alicyclic amines) is 1. The van der Waals surface area contributed by atoms with E-state index in [1.54, 1.807) is 0 Å². The Hall–Kier alpha value is -2.18. The first-order valence-corrected chi connectivity index (χ1v) is 10.1. The monoisotopic (exact) mass is 354 g/mol. The van der Waals surface area contributed by atoms with Crippen LogP contribution in [0.3, 0.4) is 0 Å². The summed E-state index contributed by atoms with van der Waals surface area (Å²) in [6, 6.07) is 4.60. The first-order chi connectivity index (χ1) is 12.8. The van der Waals surface area contributed by atoms with Crippen LogP contribution in [0.15, 0.2) is 12.1 Å². The molecule has 0 unspecified atom stereocenters. The Bertz CT molecular complexity index is 799. The Labute approximate surface area is 153 Å². The molecular formula is C19H26N6O. The lowest BCUT2D eigenvalue weighted by Crippen LogP contribution is -2.47. The SMILES string of the molecule is O=C(NC1CCCC1)N1CCC(c2nnc3ccc(C4CC4)nn23)CC1. The van der Waals surface area contributed by atoms with Crippen molar-refractivity contribution in [2.24, 2.45) is 0 Å². The van der Waals surface area contributed by atoms with Crippen LogP contribution in [0.2, 0.25) is 0 Å². The van der Waals surface area contributed by atoms with E-state index in [1.165, 1.54) is 25.7 Å². The normalized spacial score (nSPS) is 22.2. The minimum atomic E-state index is 0.107. The zero-order valence-corrected chi connectivity index (χ0v) is 15.1. The van der Waals surface area contributed by atoms with E-state index in [-0.39, 0.29) is 6.03 Å². The predicted octanol–water partition coefficient (Wildman–Crippen LogP) is 2.83. The van der Waals surface area contributed by atoms with Gasteiger partial charge in [0.15, 0.2) is 11.5 Å². The number of piperidine rings is 1. The smallest absolute Gasteiger partial charge is 0.317 e. The molecule has 3 aliphatic rings. The maximum atomic E-state index is 12.5. The molecule has 0 spiro atoms. The third kappa shape index (κ3) is 3.04. The van der Waals surface area contributed by atoms with Crippen molar-refractivity contribution in [3.63, 3.8) is 0 Å². The van der Waals surface area contributed by atoms with Crippen LogP contribution in [0.1, 0.15) is 74.7 Å². The number of hydrogen-bond donors (Lipinski definition) is 1. The number of urea groups is 1. The number of carbonyl (C=O) groups excluding carboxylic acids is 1. The van der Waals surface area contributed by atoms with Gasteiger partial charge in [0.1, 0.15) is 0 Å². The fourth-order valence-corrected chi connectivity index (χ4v) is 4.35. The third-order valence-electron chi connectivity index (χ3n) is 6.13. The van der Waals surface area contributed by atoms with Crippen LogP contribution in [-0.4, -0.2) is 49.9 Å². The van der Waals surface area contributed by atoms with Crippen molar-refractivity contribution in [3.8, 4) is 0 Å². The van der Waals surface area contributed by atoms with E-state index in [4.69, 9.17) is 5.10 Å². The van der Waals surface area contributed by atoms with Crippen molar-refractivity contribution in [2.45, 2.75) is 69.2 Å². The standard InChI is InChI=1S/C19H26N6O/c26-19(20-15-3-1-2-4-15)24-11-9-14(10-12-24)18-22-21-17-8-7-16(13-5-6-13)23-25(17)18/h7-8,13-15H,1-6,9-12H2,(H,20,26). The summed E-state index contributed by atoms with van der Waals surface area (Å²) in [4.78, 5) is 14.4. The van der Waals surface area contributed by atoms with Crippen molar-refractivity contribution in [2.75, 3.05) is 13.1 Å². The maximum absolute atomic E-state index is 12.5. The topological polar surface area (TPSA) is 75.4 Å². The van der Waals surface area contributed by atoms with Gasteiger partial charge in [-0.2, -0.15) is 9.61 Å². The molecule has 138 valence electrons. The second kappa shape index (κ2) is 6.52. The van der Waals surface area contributed by atoms with E-state index >= 15 is 0 Å². The van der Waals surface area contributed by atoms with Crippen LogP contribution in [0.25, 0.3) is 5.65 Å². The Kier molecular flexibility index (Phi) is 4.02. The average molecular weight is 354 g/mol. The molecule has 2 aromatic heterocycles. The van der Waals surface area contributed by atoms with Gasteiger partial charge in [-0.25, -0.2) is 4.79 Å². The number of nitrogens with zero attached hydrogens (tertiary/aromatic N) is 5. The van der Waals surface area contributed by atoms with Crippen LogP contribution in [0.5, 0.6) is 0 Å². The number of fused-ring (bicyclic) bond motifs is 1. The first kappa shape index (κ1) is 16.0. The van der Waals surface area contributed by atoms with Gasteiger partial charge in [0, 0.05) is 31.0 Å². The lowest BCUT2D eigenvalue weighted by molar-refractivity contribution is 0.176. The molecule has 2 saturated carbocycles. The van der Waals surface area contributed by atoms with Gasteiger partial charge in [-0.3, -0.25) is 0 Å². The van der Waals surface area contributed by atoms with Crippen molar-refractivity contribution >= 4 is 11.7 Å². The van der Waals surface area contributed by atoms with Gasteiger partial charge in [-0.15, -0.1) is 10.2 Å². The highest BCUT2D eigenvalue weighted by Gasteiger charge is 2.30. The average Bonchev–Trinajstić information content (AvgIpc) is 3.24. The molecule has 3 heterocycles. The van der Waals surface area contributed by atoms with Gasteiger partial charge >= 0.3 is 6.03 Å². The quantitative estimate of drug-likeness (QED) is 0.920. The van der Waals surface area contributed by atoms with Crippen molar-refractivity contribution < 1.29 is 4.79 Å². The molecule has 0 radical (unpaired) electrons. The molecular weight excluding hydrogens is 328 g/mol. The van der Waals surface area contributed by atoms with Gasteiger partial charge in [-0.1, -0.05) is 12.8 Å². The summed E-state index contributed by atoms with van der Waals surface area (Å²) in [5.41, 5.74) is 1.98. The molecule has 3 fully saturated rings. The number of carbonyl (C=O) groups is 1. The molecule has 2 aromatic rings. The molecule has 2 aliphatic carbocycles.